The van der Waals surface area contributed by atoms with Gasteiger partial charge in [0.25, 0.3) is 0 Å². The summed E-state index contributed by atoms with van der Waals surface area (Å²) in [6, 6.07) is 9.99. The summed E-state index contributed by atoms with van der Waals surface area (Å²) in [5.41, 5.74) is 3.07. The van der Waals surface area contributed by atoms with Crippen LogP contribution in [-0.2, 0) is 22.6 Å². The van der Waals surface area contributed by atoms with Gasteiger partial charge in [-0.2, -0.15) is 0 Å². The van der Waals surface area contributed by atoms with E-state index in [0.717, 1.165) is 29.2 Å². The number of aromatic amines is 1. The summed E-state index contributed by atoms with van der Waals surface area (Å²) in [6.07, 6.45) is 2.74. The summed E-state index contributed by atoms with van der Waals surface area (Å²) in [4.78, 5) is 36.5. The fourth-order valence-corrected chi connectivity index (χ4v) is 3.74. The number of carbonyl (C=O) groups is 2. The Morgan fingerprint density at radius 1 is 1.35 bits per heavy atom. The van der Waals surface area contributed by atoms with Gasteiger partial charge in [0.15, 0.2) is 0 Å². The van der Waals surface area contributed by atoms with E-state index in [1.54, 1.807) is 11.0 Å². The van der Waals surface area contributed by atoms with Gasteiger partial charge in [0.1, 0.15) is 5.82 Å². The van der Waals surface area contributed by atoms with Crippen molar-refractivity contribution in [2.45, 2.75) is 19.4 Å². The Hall–Kier alpha value is -2.89. The minimum atomic E-state index is -0.250. The number of amides is 2. The second-order valence-electron chi connectivity index (χ2n) is 6.87. The van der Waals surface area contributed by atoms with Gasteiger partial charge in [-0.1, -0.05) is 36.4 Å². The number of fused-ring (bicyclic) bond motifs is 1. The fourth-order valence-electron chi connectivity index (χ4n) is 3.74. The molecule has 0 radical (unpaired) electrons. The van der Waals surface area contributed by atoms with Crippen molar-refractivity contribution in [3.63, 3.8) is 0 Å². The second kappa shape index (κ2) is 6.78. The smallest absolute Gasteiger partial charge is 0.228 e. The van der Waals surface area contributed by atoms with E-state index in [2.05, 4.69) is 11.6 Å². The molecule has 134 valence electrons. The first-order valence-corrected chi connectivity index (χ1v) is 8.96. The highest BCUT2D eigenvalue weighted by molar-refractivity contribution is 5.89. The Kier molecular flexibility index (Phi) is 4.32. The van der Waals surface area contributed by atoms with E-state index in [9.17, 15) is 9.59 Å². The predicted octanol–water partition coefficient (Wildman–Crippen LogP) is 2.00. The van der Waals surface area contributed by atoms with Gasteiger partial charge in [0, 0.05) is 38.0 Å². The average Bonchev–Trinajstić information content (AvgIpc) is 3.25. The summed E-state index contributed by atoms with van der Waals surface area (Å²) < 4.78 is 0. The molecule has 4 rings (SSSR count). The molecule has 3 heterocycles. The maximum atomic E-state index is 12.9. The van der Waals surface area contributed by atoms with Crippen LogP contribution in [0, 0.1) is 5.92 Å². The van der Waals surface area contributed by atoms with E-state index in [0.29, 0.717) is 32.6 Å². The van der Waals surface area contributed by atoms with Crippen LogP contribution in [0.4, 0.5) is 0 Å². The van der Waals surface area contributed by atoms with Gasteiger partial charge in [0.2, 0.25) is 11.8 Å². The maximum absolute atomic E-state index is 12.9. The monoisotopic (exact) mass is 350 g/mol. The van der Waals surface area contributed by atoms with Gasteiger partial charge >= 0.3 is 0 Å². The molecule has 1 fully saturated rings. The summed E-state index contributed by atoms with van der Waals surface area (Å²) in [7, 11) is 0. The molecule has 2 amide bonds. The SMILES string of the molecule is C=CCN1C[C@@H](C(=O)N2CCc3nc(-c4ccccc4)[nH]c3C2)CC1=O. The van der Waals surface area contributed by atoms with Crippen molar-refractivity contribution in [3.8, 4) is 11.4 Å². The highest BCUT2D eigenvalue weighted by atomic mass is 16.2. The molecule has 1 aromatic heterocycles. The number of likely N-dealkylation sites (tertiary alicyclic amines) is 1. The fraction of sp³-hybridized carbons (Fsp3) is 0.350. The van der Waals surface area contributed by atoms with Crippen LogP contribution in [0.2, 0.25) is 0 Å². The van der Waals surface area contributed by atoms with Crippen LogP contribution in [0.3, 0.4) is 0 Å². The Labute approximate surface area is 152 Å². The molecule has 6 heteroatoms. The minimum absolute atomic E-state index is 0.0360. The first kappa shape index (κ1) is 16.6. The number of hydrogen-bond donors (Lipinski definition) is 1. The highest BCUT2D eigenvalue weighted by Gasteiger charge is 2.37. The third-order valence-corrected chi connectivity index (χ3v) is 5.10. The van der Waals surface area contributed by atoms with Gasteiger partial charge < -0.3 is 14.8 Å². The lowest BCUT2D eigenvalue weighted by Crippen LogP contribution is -2.40. The number of H-pyrrole nitrogens is 1. The van der Waals surface area contributed by atoms with Gasteiger partial charge in [-0.15, -0.1) is 6.58 Å². The van der Waals surface area contributed by atoms with Crippen LogP contribution in [0.5, 0.6) is 0 Å². The molecule has 1 atom stereocenters. The van der Waals surface area contributed by atoms with Crippen molar-refractivity contribution in [1.29, 1.82) is 0 Å². The molecule has 1 saturated heterocycles. The van der Waals surface area contributed by atoms with Crippen LogP contribution in [0.25, 0.3) is 11.4 Å². The predicted molar refractivity (Wildman–Crippen MR) is 98.0 cm³/mol. The molecule has 2 aliphatic rings. The molecule has 26 heavy (non-hydrogen) atoms. The summed E-state index contributed by atoms with van der Waals surface area (Å²) in [6.45, 7) is 5.85. The summed E-state index contributed by atoms with van der Waals surface area (Å²) in [5.74, 6) is 0.693. The van der Waals surface area contributed by atoms with E-state index < -0.39 is 0 Å². The standard InChI is InChI=1S/C20H22N4O2/c1-2-9-23-12-15(11-18(23)25)20(26)24-10-8-16-17(13-24)22-19(21-16)14-6-4-3-5-7-14/h2-7,15H,1,8-13H2,(H,21,22)/t15-/m0/s1. The van der Waals surface area contributed by atoms with Crippen LogP contribution >= 0.6 is 0 Å². The molecule has 0 bridgehead atoms. The zero-order valence-corrected chi connectivity index (χ0v) is 14.6. The third kappa shape index (κ3) is 3.03. The van der Waals surface area contributed by atoms with E-state index in [1.165, 1.54) is 0 Å². The number of benzene rings is 1. The molecule has 0 aliphatic carbocycles. The van der Waals surface area contributed by atoms with Crippen molar-refractivity contribution >= 4 is 11.8 Å². The van der Waals surface area contributed by atoms with E-state index >= 15 is 0 Å². The van der Waals surface area contributed by atoms with Crippen molar-refractivity contribution in [2.75, 3.05) is 19.6 Å². The number of rotatable bonds is 4. The molecule has 1 aromatic carbocycles. The van der Waals surface area contributed by atoms with Crippen LogP contribution in [0.15, 0.2) is 43.0 Å². The molecule has 2 aliphatic heterocycles. The van der Waals surface area contributed by atoms with Gasteiger partial charge in [0.05, 0.1) is 23.9 Å². The van der Waals surface area contributed by atoms with E-state index in [4.69, 9.17) is 4.98 Å². The topological polar surface area (TPSA) is 69.3 Å². The van der Waals surface area contributed by atoms with E-state index in [1.807, 2.05) is 35.2 Å². The zero-order valence-electron chi connectivity index (χ0n) is 14.6. The van der Waals surface area contributed by atoms with Crippen molar-refractivity contribution in [1.82, 2.24) is 19.8 Å². The number of nitrogens with one attached hydrogen (secondary N) is 1. The lowest BCUT2D eigenvalue weighted by atomic mass is 10.0. The number of imidazole rings is 1. The quantitative estimate of drug-likeness (QED) is 0.858. The Balaban J connectivity index is 1.47. The number of hydrogen-bond acceptors (Lipinski definition) is 3. The third-order valence-electron chi connectivity index (χ3n) is 5.10. The lowest BCUT2D eigenvalue weighted by molar-refractivity contribution is -0.136. The molecular formula is C20H22N4O2. The van der Waals surface area contributed by atoms with Crippen molar-refractivity contribution in [2.24, 2.45) is 5.92 Å². The van der Waals surface area contributed by atoms with Gasteiger partial charge in [-0.3, -0.25) is 9.59 Å². The number of aromatic nitrogens is 2. The summed E-state index contributed by atoms with van der Waals surface area (Å²) in [5, 5.41) is 0. The lowest BCUT2D eigenvalue weighted by Gasteiger charge is -2.28. The van der Waals surface area contributed by atoms with Gasteiger partial charge in [-0.25, -0.2) is 4.98 Å². The minimum Gasteiger partial charge on any atom is -0.340 e. The summed E-state index contributed by atoms with van der Waals surface area (Å²) >= 11 is 0. The van der Waals surface area contributed by atoms with Crippen LogP contribution in [0.1, 0.15) is 17.8 Å². The first-order chi connectivity index (χ1) is 12.7. The molecule has 0 spiro atoms. The van der Waals surface area contributed by atoms with Crippen molar-refractivity contribution < 1.29 is 9.59 Å². The van der Waals surface area contributed by atoms with Crippen molar-refractivity contribution in [3.05, 3.63) is 54.4 Å². The molecule has 2 aromatic rings. The molecule has 0 saturated carbocycles. The molecule has 0 unspecified atom stereocenters. The average molecular weight is 350 g/mol. The highest BCUT2D eigenvalue weighted by Crippen LogP contribution is 2.26. The molecule has 6 nitrogen and oxygen atoms in total. The Morgan fingerprint density at radius 3 is 2.92 bits per heavy atom. The van der Waals surface area contributed by atoms with E-state index in [-0.39, 0.29) is 17.7 Å². The van der Waals surface area contributed by atoms with Crippen LogP contribution < -0.4 is 0 Å². The van der Waals surface area contributed by atoms with Crippen LogP contribution in [-0.4, -0.2) is 51.2 Å². The van der Waals surface area contributed by atoms with Gasteiger partial charge in [-0.05, 0) is 0 Å². The normalized spacial score (nSPS) is 19.5. The first-order valence-electron chi connectivity index (χ1n) is 8.96. The maximum Gasteiger partial charge on any atom is 0.228 e. The number of carbonyl (C=O) groups excluding carboxylic acids is 2. The molecule has 1 N–H and O–H groups in total. The molecular weight excluding hydrogens is 328 g/mol. The number of nitrogens with zero attached hydrogens (tertiary/aromatic N) is 3. The largest absolute Gasteiger partial charge is 0.340 e. The second-order valence-corrected chi connectivity index (χ2v) is 6.87. The zero-order chi connectivity index (χ0) is 18.1. The Morgan fingerprint density at radius 2 is 2.15 bits per heavy atom. The Bertz CT molecular complexity index is 843.